The first-order chi connectivity index (χ1) is 12.7. The molecule has 1 amide bonds. The number of hydrogen-bond donors (Lipinski definition) is 1. The number of rotatable bonds is 4. The highest BCUT2D eigenvalue weighted by Gasteiger charge is 2.25. The highest BCUT2D eigenvalue weighted by molar-refractivity contribution is 5.79. The molecule has 132 valence electrons. The van der Waals surface area contributed by atoms with Gasteiger partial charge in [0.1, 0.15) is 12.4 Å². The summed E-state index contributed by atoms with van der Waals surface area (Å²) in [7, 11) is 0. The maximum absolute atomic E-state index is 12.4. The van der Waals surface area contributed by atoms with E-state index in [4.69, 9.17) is 9.26 Å². The van der Waals surface area contributed by atoms with Gasteiger partial charge in [0.15, 0.2) is 0 Å². The van der Waals surface area contributed by atoms with Crippen LogP contribution in [0.1, 0.15) is 17.0 Å². The molecule has 6 heteroatoms. The molecule has 0 saturated carbocycles. The van der Waals surface area contributed by atoms with Crippen molar-refractivity contribution in [2.45, 2.75) is 19.9 Å². The molecule has 0 saturated heterocycles. The van der Waals surface area contributed by atoms with Crippen LogP contribution in [0.15, 0.2) is 53.1 Å². The Kier molecular flexibility index (Phi) is 4.39. The summed E-state index contributed by atoms with van der Waals surface area (Å²) in [4.78, 5) is 16.7. The number of nitrogens with zero attached hydrogens (tertiary/aromatic N) is 2. The summed E-state index contributed by atoms with van der Waals surface area (Å²) in [5.41, 5.74) is 2.98. The molecule has 2 aromatic carbocycles. The minimum atomic E-state index is -0.161. The third kappa shape index (κ3) is 3.44. The van der Waals surface area contributed by atoms with Gasteiger partial charge >= 0.3 is 0 Å². The largest absolute Gasteiger partial charge is 0.492 e. The normalized spacial score (nSPS) is 15.8. The molecule has 1 aromatic heterocycles. The number of hydrogen-bond acceptors (Lipinski definition) is 5. The van der Waals surface area contributed by atoms with Gasteiger partial charge in [0, 0.05) is 19.0 Å². The SMILES string of the molecule is Cc1nc(-c2ccc(CNC(=O)[C@H]3COc4ccccc4C3)cc2)no1. The third-order valence-corrected chi connectivity index (χ3v) is 4.46. The van der Waals surface area contributed by atoms with Gasteiger partial charge < -0.3 is 14.6 Å². The fourth-order valence-corrected chi connectivity index (χ4v) is 3.02. The monoisotopic (exact) mass is 349 g/mol. The van der Waals surface area contributed by atoms with E-state index in [0.717, 1.165) is 22.4 Å². The number of fused-ring (bicyclic) bond motifs is 1. The van der Waals surface area contributed by atoms with Crippen LogP contribution in [0.25, 0.3) is 11.4 Å². The molecular weight excluding hydrogens is 330 g/mol. The third-order valence-electron chi connectivity index (χ3n) is 4.46. The van der Waals surface area contributed by atoms with Crippen molar-refractivity contribution in [3.8, 4) is 17.1 Å². The standard InChI is InChI=1S/C20H19N3O3/c1-13-22-19(23-26-13)15-8-6-14(7-9-15)11-21-20(24)17-10-16-4-2-3-5-18(16)25-12-17/h2-9,17H,10-12H2,1H3,(H,21,24)/t17-/m1/s1. The first kappa shape index (κ1) is 16.3. The van der Waals surface area contributed by atoms with Crippen molar-refractivity contribution < 1.29 is 14.1 Å². The maximum atomic E-state index is 12.4. The highest BCUT2D eigenvalue weighted by Crippen LogP contribution is 2.26. The Labute approximate surface area is 151 Å². The van der Waals surface area contributed by atoms with E-state index in [-0.39, 0.29) is 11.8 Å². The Morgan fingerprint density at radius 1 is 1.19 bits per heavy atom. The van der Waals surface area contributed by atoms with E-state index < -0.39 is 0 Å². The second-order valence-electron chi connectivity index (χ2n) is 6.37. The van der Waals surface area contributed by atoms with E-state index in [2.05, 4.69) is 15.5 Å². The first-order valence-electron chi connectivity index (χ1n) is 8.57. The number of carbonyl (C=O) groups is 1. The zero-order chi connectivity index (χ0) is 17.9. The lowest BCUT2D eigenvalue weighted by Crippen LogP contribution is -2.37. The Balaban J connectivity index is 1.35. The Morgan fingerprint density at radius 2 is 2.00 bits per heavy atom. The van der Waals surface area contributed by atoms with Crippen molar-refractivity contribution in [3.63, 3.8) is 0 Å². The van der Waals surface area contributed by atoms with Gasteiger partial charge in [-0.05, 0) is 23.6 Å². The van der Waals surface area contributed by atoms with Gasteiger partial charge in [-0.25, -0.2) is 0 Å². The van der Waals surface area contributed by atoms with Crippen LogP contribution < -0.4 is 10.1 Å². The van der Waals surface area contributed by atoms with Crippen LogP contribution in [0.2, 0.25) is 0 Å². The summed E-state index contributed by atoms with van der Waals surface area (Å²) in [6.45, 7) is 2.65. The van der Waals surface area contributed by atoms with E-state index in [1.807, 2.05) is 48.5 Å². The van der Waals surface area contributed by atoms with Gasteiger partial charge in [-0.15, -0.1) is 0 Å². The van der Waals surface area contributed by atoms with Gasteiger partial charge in [-0.3, -0.25) is 4.79 Å². The van der Waals surface area contributed by atoms with Gasteiger partial charge in [0.25, 0.3) is 0 Å². The van der Waals surface area contributed by atoms with Crippen LogP contribution in [-0.4, -0.2) is 22.7 Å². The molecular formula is C20H19N3O3. The second-order valence-corrected chi connectivity index (χ2v) is 6.37. The number of aromatic nitrogens is 2. The predicted octanol–water partition coefficient (Wildman–Crippen LogP) is 2.91. The highest BCUT2D eigenvalue weighted by atomic mass is 16.5. The van der Waals surface area contributed by atoms with Crippen LogP contribution >= 0.6 is 0 Å². The minimum absolute atomic E-state index is 0.0115. The molecule has 0 aliphatic carbocycles. The fourth-order valence-electron chi connectivity index (χ4n) is 3.02. The van der Waals surface area contributed by atoms with Gasteiger partial charge in [-0.1, -0.05) is 47.6 Å². The summed E-state index contributed by atoms with van der Waals surface area (Å²) in [6.07, 6.45) is 0.706. The molecule has 0 radical (unpaired) electrons. The van der Waals surface area contributed by atoms with Crippen LogP contribution in [0.4, 0.5) is 0 Å². The zero-order valence-corrected chi connectivity index (χ0v) is 14.4. The average Bonchev–Trinajstić information content (AvgIpc) is 3.12. The van der Waals surface area contributed by atoms with E-state index in [0.29, 0.717) is 31.3 Å². The summed E-state index contributed by atoms with van der Waals surface area (Å²) < 4.78 is 10.7. The van der Waals surface area contributed by atoms with Crippen LogP contribution in [0.5, 0.6) is 5.75 Å². The van der Waals surface area contributed by atoms with E-state index in [9.17, 15) is 4.79 Å². The number of carbonyl (C=O) groups excluding carboxylic acids is 1. The summed E-state index contributed by atoms with van der Waals surface area (Å²) in [6, 6.07) is 15.6. The molecule has 1 aliphatic heterocycles. The average molecular weight is 349 g/mol. The van der Waals surface area contributed by atoms with E-state index >= 15 is 0 Å². The van der Waals surface area contributed by atoms with Crippen molar-refractivity contribution in [2.24, 2.45) is 5.92 Å². The molecule has 1 N–H and O–H groups in total. The molecule has 2 heterocycles. The zero-order valence-electron chi connectivity index (χ0n) is 14.4. The van der Waals surface area contributed by atoms with Crippen molar-refractivity contribution >= 4 is 5.91 Å². The lowest BCUT2D eigenvalue weighted by molar-refractivity contribution is -0.126. The summed E-state index contributed by atoms with van der Waals surface area (Å²) in [5, 5.41) is 6.89. The predicted molar refractivity (Wildman–Crippen MR) is 95.4 cm³/mol. The summed E-state index contributed by atoms with van der Waals surface area (Å²) in [5.74, 6) is 1.83. The Morgan fingerprint density at radius 3 is 2.77 bits per heavy atom. The van der Waals surface area contributed by atoms with Crippen molar-refractivity contribution in [1.82, 2.24) is 15.5 Å². The summed E-state index contributed by atoms with van der Waals surface area (Å²) >= 11 is 0. The number of nitrogens with one attached hydrogen (secondary N) is 1. The van der Waals surface area contributed by atoms with Crippen LogP contribution in [-0.2, 0) is 17.8 Å². The quantitative estimate of drug-likeness (QED) is 0.784. The van der Waals surface area contributed by atoms with Gasteiger partial charge in [0.05, 0.1) is 5.92 Å². The molecule has 1 aliphatic rings. The molecule has 26 heavy (non-hydrogen) atoms. The first-order valence-corrected chi connectivity index (χ1v) is 8.57. The molecule has 0 bridgehead atoms. The second kappa shape index (κ2) is 7.00. The Bertz CT molecular complexity index is 918. The molecule has 4 rings (SSSR count). The number of ether oxygens (including phenoxy) is 1. The minimum Gasteiger partial charge on any atom is -0.492 e. The lowest BCUT2D eigenvalue weighted by Gasteiger charge is -2.24. The smallest absolute Gasteiger partial charge is 0.227 e. The maximum Gasteiger partial charge on any atom is 0.227 e. The molecule has 0 fully saturated rings. The van der Waals surface area contributed by atoms with Crippen LogP contribution in [0.3, 0.4) is 0 Å². The van der Waals surface area contributed by atoms with E-state index in [1.165, 1.54) is 0 Å². The van der Waals surface area contributed by atoms with Crippen molar-refractivity contribution in [2.75, 3.05) is 6.61 Å². The number of benzene rings is 2. The number of para-hydroxylation sites is 1. The van der Waals surface area contributed by atoms with Crippen molar-refractivity contribution in [1.29, 1.82) is 0 Å². The Hall–Kier alpha value is -3.15. The fraction of sp³-hybridized carbons (Fsp3) is 0.250. The molecule has 3 aromatic rings. The molecule has 6 nitrogen and oxygen atoms in total. The lowest BCUT2D eigenvalue weighted by atomic mass is 9.96. The van der Waals surface area contributed by atoms with E-state index in [1.54, 1.807) is 6.92 Å². The van der Waals surface area contributed by atoms with Crippen LogP contribution in [0, 0.1) is 12.8 Å². The van der Waals surface area contributed by atoms with Crippen molar-refractivity contribution in [3.05, 3.63) is 65.5 Å². The molecule has 1 atom stereocenters. The number of aryl methyl sites for hydroxylation is 1. The van der Waals surface area contributed by atoms with Gasteiger partial charge in [0.2, 0.25) is 17.6 Å². The number of amides is 1. The molecule has 0 spiro atoms. The van der Waals surface area contributed by atoms with Gasteiger partial charge in [-0.2, -0.15) is 4.98 Å². The topological polar surface area (TPSA) is 77.2 Å². The molecule has 0 unspecified atom stereocenters.